The highest BCUT2D eigenvalue weighted by Crippen LogP contribution is 2.25. The third-order valence-electron chi connectivity index (χ3n) is 3.93. The number of amides is 1. The Bertz CT molecular complexity index is 498. The Balaban J connectivity index is 0.00000242. The molecule has 0 bridgehead atoms. The summed E-state index contributed by atoms with van der Waals surface area (Å²) in [5.74, 6) is 1.14. The van der Waals surface area contributed by atoms with Crippen LogP contribution in [0.1, 0.15) is 71.1 Å². The molecule has 0 aliphatic heterocycles. The van der Waals surface area contributed by atoms with Crippen LogP contribution in [-0.4, -0.2) is 22.1 Å². The lowest BCUT2D eigenvalue weighted by molar-refractivity contribution is -0.126. The lowest BCUT2D eigenvalue weighted by Gasteiger charge is -2.26. The van der Waals surface area contributed by atoms with Gasteiger partial charge in [0.05, 0.1) is 0 Å². The summed E-state index contributed by atoms with van der Waals surface area (Å²) in [7, 11) is 0. The molecule has 7 heteroatoms. The normalized spacial score (nSPS) is 23.5. The van der Waals surface area contributed by atoms with E-state index < -0.39 is 0 Å². The predicted molar refractivity (Wildman–Crippen MR) is 86.7 cm³/mol. The number of nitrogens with two attached hydrogens (primary N) is 1. The maximum Gasteiger partial charge on any atom is 0.248 e. The summed E-state index contributed by atoms with van der Waals surface area (Å²) >= 11 is 0. The Morgan fingerprint density at radius 2 is 2.09 bits per heavy atom. The van der Waals surface area contributed by atoms with E-state index in [4.69, 9.17) is 10.3 Å². The van der Waals surface area contributed by atoms with Crippen LogP contribution in [0.15, 0.2) is 4.52 Å². The van der Waals surface area contributed by atoms with Crippen molar-refractivity contribution in [2.24, 2.45) is 11.7 Å². The molecule has 1 fully saturated rings. The quantitative estimate of drug-likeness (QED) is 0.887. The van der Waals surface area contributed by atoms with Crippen molar-refractivity contribution in [3.63, 3.8) is 0 Å². The Kier molecular flexibility index (Phi) is 6.38. The SMILES string of the molecule is CC(NC(=O)C1CCCC(N)C1)c1nc(C(C)(C)C)no1.Cl. The molecular formula is C15H27ClN4O2. The number of nitrogens with one attached hydrogen (secondary N) is 1. The maximum atomic E-state index is 12.3. The summed E-state index contributed by atoms with van der Waals surface area (Å²) < 4.78 is 5.26. The number of hydrogen-bond donors (Lipinski definition) is 2. The lowest BCUT2D eigenvalue weighted by Crippen LogP contribution is -2.38. The van der Waals surface area contributed by atoms with E-state index in [2.05, 4.69) is 15.5 Å². The van der Waals surface area contributed by atoms with Gasteiger partial charge < -0.3 is 15.6 Å². The third-order valence-corrected chi connectivity index (χ3v) is 3.93. The zero-order valence-electron chi connectivity index (χ0n) is 13.8. The predicted octanol–water partition coefficient (Wildman–Crippen LogP) is 2.48. The summed E-state index contributed by atoms with van der Waals surface area (Å²) in [6.07, 6.45) is 3.69. The second-order valence-electron chi connectivity index (χ2n) is 7.06. The van der Waals surface area contributed by atoms with Gasteiger partial charge in [-0.25, -0.2) is 0 Å². The average molecular weight is 331 g/mol. The molecule has 0 spiro atoms. The van der Waals surface area contributed by atoms with E-state index in [1.807, 2.05) is 27.7 Å². The minimum absolute atomic E-state index is 0. The zero-order chi connectivity index (χ0) is 15.6. The van der Waals surface area contributed by atoms with Crippen molar-refractivity contribution in [1.82, 2.24) is 15.5 Å². The Labute approximate surface area is 138 Å². The van der Waals surface area contributed by atoms with Gasteiger partial charge in [0.1, 0.15) is 6.04 Å². The van der Waals surface area contributed by atoms with Crippen molar-refractivity contribution in [2.45, 2.75) is 70.9 Å². The largest absolute Gasteiger partial charge is 0.344 e. The molecule has 22 heavy (non-hydrogen) atoms. The van der Waals surface area contributed by atoms with Crippen molar-refractivity contribution < 1.29 is 9.32 Å². The summed E-state index contributed by atoms with van der Waals surface area (Å²) in [5.41, 5.74) is 5.77. The first-order chi connectivity index (χ1) is 9.77. The first-order valence-corrected chi connectivity index (χ1v) is 7.67. The maximum absolute atomic E-state index is 12.3. The molecule has 6 nitrogen and oxygen atoms in total. The first kappa shape index (κ1) is 18.9. The van der Waals surface area contributed by atoms with Gasteiger partial charge in [0.2, 0.25) is 11.8 Å². The van der Waals surface area contributed by atoms with Gasteiger partial charge >= 0.3 is 0 Å². The number of rotatable bonds is 3. The Hall–Kier alpha value is -1.14. The number of carbonyl (C=O) groups excluding carboxylic acids is 1. The lowest BCUT2D eigenvalue weighted by atomic mass is 9.85. The van der Waals surface area contributed by atoms with Crippen molar-refractivity contribution in [1.29, 1.82) is 0 Å². The van der Waals surface area contributed by atoms with E-state index in [1.54, 1.807) is 0 Å². The van der Waals surface area contributed by atoms with Crippen LogP contribution in [0, 0.1) is 5.92 Å². The van der Waals surface area contributed by atoms with E-state index in [9.17, 15) is 4.79 Å². The summed E-state index contributed by atoms with van der Waals surface area (Å²) in [6.45, 7) is 7.93. The molecule has 1 aliphatic carbocycles. The van der Waals surface area contributed by atoms with Gasteiger partial charge in [-0.3, -0.25) is 4.79 Å². The second-order valence-corrected chi connectivity index (χ2v) is 7.06. The van der Waals surface area contributed by atoms with Gasteiger partial charge in [0.15, 0.2) is 5.82 Å². The van der Waals surface area contributed by atoms with Crippen molar-refractivity contribution in [3.8, 4) is 0 Å². The van der Waals surface area contributed by atoms with Crippen molar-refractivity contribution >= 4 is 18.3 Å². The van der Waals surface area contributed by atoms with Crippen LogP contribution < -0.4 is 11.1 Å². The van der Waals surface area contributed by atoms with E-state index >= 15 is 0 Å². The third kappa shape index (κ3) is 4.68. The molecule has 2 rings (SSSR count). The Morgan fingerprint density at radius 1 is 1.41 bits per heavy atom. The monoisotopic (exact) mass is 330 g/mol. The van der Waals surface area contributed by atoms with Crippen molar-refractivity contribution in [3.05, 3.63) is 11.7 Å². The van der Waals surface area contributed by atoms with Gasteiger partial charge in [-0.05, 0) is 26.2 Å². The molecule has 1 aromatic heterocycles. The molecule has 3 atom stereocenters. The van der Waals surface area contributed by atoms with E-state index in [1.165, 1.54) is 0 Å². The standard InChI is InChI=1S/C15H26N4O2.ClH/c1-9(13-18-14(19-21-13)15(2,3)4)17-12(20)10-6-5-7-11(16)8-10;/h9-11H,5-8,16H2,1-4H3,(H,17,20);1H. The number of carbonyl (C=O) groups is 1. The van der Waals surface area contributed by atoms with Crippen molar-refractivity contribution in [2.75, 3.05) is 0 Å². The fourth-order valence-corrected chi connectivity index (χ4v) is 2.57. The second kappa shape index (κ2) is 7.42. The zero-order valence-corrected chi connectivity index (χ0v) is 14.6. The highest BCUT2D eigenvalue weighted by atomic mass is 35.5. The summed E-state index contributed by atoms with van der Waals surface area (Å²) in [4.78, 5) is 16.7. The van der Waals surface area contributed by atoms with Gasteiger partial charge in [-0.2, -0.15) is 4.98 Å². The number of halogens is 1. The Morgan fingerprint density at radius 3 is 2.64 bits per heavy atom. The van der Waals surface area contributed by atoms with Crippen LogP contribution >= 0.6 is 12.4 Å². The topological polar surface area (TPSA) is 94.0 Å². The minimum atomic E-state index is -0.278. The molecule has 0 saturated heterocycles. The number of hydrogen-bond acceptors (Lipinski definition) is 5. The first-order valence-electron chi connectivity index (χ1n) is 7.67. The van der Waals surface area contributed by atoms with Gasteiger partial charge in [-0.15, -0.1) is 12.4 Å². The molecule has 1 aromatic rings. The molecule has 1 heterocycles. The fourth-order valence-electron chi connectivity index (χ4n) is 2.57. The fraction of sp³-hybridized carbons (Fsp3) is 0.800. The van der Waals surface area contributed by atoms with Crippen LogP contribution in [0.3, 0.4) is 0 Å². The number of aromatic nitrogens is 2. The van der Waals surface area contributed by atoms with Crippen LogP contribution in [-0.2, 0) is 10.2 Å². The molecule has 126 valence electrons. The van der Waals surface area contributed by atoms with E-state index in [0.29, 0.717) is 11.7 Å². The molecule has 0 radical (unpaired) electrons. The molecule has 1 aliphatic rings. The molecule has 0 aromatic carbocycles. The summed E-state index contributed by atoms with van der Waals surface area (Å²) in [6, 6.07) is -0.139. The van der Waals surface area contributed by atoms with E-state index in [0.717, 1.165) is 25.7 Å². The molecule has 1 amide bonds. The highest BCUT2D eigenvalue weighted by Gasteiger charge is 2.28. The van der Waals surface area contributed by atoms with Crippen LogP contribution in [0.25, 0.3) is 0 Å². The smallest absolute Gasteiger partial charge is 0.248 e. The summed E-state index contributed by atoms with van der Waals surface area (Å²) in [5, 5.41) is 6.94. The van der Waals surface area contributed by atoms with Crippen LogP contribution in [0.2, 0.25) is 0 Å². The molecule has 3 N–H and O–H groups in total. The van der Waals surface area contributed by atoms with E-state index in [-0.39, 0.29) is 41.7 Å². The number of nitrogens with zero attached hydrogens (tertiary/aromatic N) is 2. The van der Waals surface area contributed by atoms with Gasteiger partial charge in [0, 0.05) is 17.4 Å². The minimum Gasteiger partial charge on any atom is -0.344 e. The average Bonchev–Trinajstić information content (AvgIpc) is 2.88. The van der Waals surface area contributed by atoms with Gasteiger partial charge in [0.25, 0.3) is 0 Å². The molecule has 3 unspecified atom stereocenters. The molecule has 1 saturated carbocycles. The van der Waals surface area contributed by atoms with Crippen LogP contribution in [0.4, 0.5) is 0 Å². The highest BCUT2D eigenvalue weighted by molar-refractivity contribution is 5.85. The van der Waals surface area contributed by atoms with Gasteiger partial charge in [-0.1, -0.05) is 32.3 Å². The molecular weight excluding hydrogens is 304 g/mol. The van der Waals surface area contributed by atoms with Crippen LogP contribution in [0.5, 0.6) is 0 Å².